The molecule has 0 spiro atoms. The molecule has 0 aromatic heterocycles. The molecular weight excluding hydrogens is 196 g/mol. The maximum Gasteiger partial charge on any atom is 0.251 e. The van der Waals surface area contributed by atoms with Crippen LogP contribution < -0.4 is 0 Å². The molecule has 1 rings (SSSR count). The fraction of sp³-hybridized carbons (Fsp3) is 1.00. The zero-order valence-electron chi connectivity index (χ0n) is 9.88. The molecule has 1 atom stereocenters. The smallest absolute Gasteiger partial charge is 0.251 e. The van der Waals surface area contributed by atoms with Gasteiger partial charge in [-0.1, -0.05) is 39.5 Å². The molecule has 0 N–H and O–H groups in total. The SMILES string of the molecule is CCCCCC(C)C1CN(CC(F)F)C1. The zero-order chi connectivity index (χ0) is 11.3. The van der Waals surface area contributed by atoms with Crippen molar-refractivity contribution in [2.45, 2.75) is 46.0 Å². The van der Waals surface area contributed by atoms with E-state index in [0.717, 1.165) is 13.1 Å². The van der Waals surface area contributed by atoms with Gasteiger partial charge in [-0.15, -0.1) is 0 Å². The topological polar surface area (TPSA) is 3.24 Å². The first-order valence-corrected chi connectivity index (χ1v) is 6.14. The lowest BCUT2D eigenvalue weighted by Gasteiger charge is -2.42. The number of rotatable bonds is 7. The van der Waals surface area contributed by atoms with E-state index in [1.165, 1.54) is 25.7 Å². The predicted molar refractivity (Wildman–Crippen MR) is 59.2 cm³/mol. The predicted octanol–water partition coefficient (Wildman–Crippen LogP) is 3.40. The third kappa shape index (κ3) is 4.45. The van der Waals surface area contributed by atoms with Gasteiger partial charge >= 0.3 is 0 Å². The molecule has 1 aliphatic heterocycles. The van der Waals surface area contributed by atoms with E-state index in [2.05, 4.69) is 13.8 Å². The highest BCUT2D eigenvalue weighted by Crippen LogP contribution is 2.27. The lowest BCUT2D eigenvalue weighted by atomic mass is 9.84. The maximum absolute atomic E-state index is 12.0. The Bertz CT molecular complexity index is 167. The normalized spacial score (nSPS) is 20.6. The highest BCUT2D eigenvalue weighted by molar-refractivity contribution is 4.83. The van der Waals surface area contributed by atoms with Crippen LogP contribution in [-0.4, -0.2) is 31.0 Å². The molecule has 0 aliphatic carbocycles. The third-order valence-electron chi connectivity index (χ3n) is 3.45. The van der Waals surface area contributed by atoms with Crippen molar-refractivity contribution < 1.29 is 8.78 Å². The lowest BCUT2D eigenvalue weighted by molar-refractivity contribution is 0.00495. The Morgan fingerprint density at radius 3 is 2.47 bits per heavy atom. The highest BCUT2D eigenvalue weighted by Gasteiger charge is 2.31. The second kappa shape index (κ2) is 6.41. The summed E-state index contributed by atoms with van der Waals surface area (Å²) < 4.78 is 24.1. The van der Waals surface area contributed by atoms with Crippen molar-refractivity contribution in [1.29, 1.82) is 0 Å². The fourth-order valence-electron chi connectivity index (χ4n) is 2.27. The van der Waals surface area contributed by atoms with Gasteiger partial charge in [-0.05, 0) is 11.8 Å². The molecule has 1 heterocycles. The van der Waals surface area contributed by atoms with E-state index in [1.54, 1.807) is 0 Å². The second-order valence-electron chi connectivity index (χ2n) is 4.84. The number of likely N-dealkylation sites (tertiary alicyclic amines) is 1. The van der Waals surface area contributed by atoms with Crippen LogP contribution in [0.1, 0.15) is 39.5 Å². The first-order valence-electron chi connectivity index (χ1n) is 6.14. The molecule has 1 unspecified atom stereocenters. The van der Waals surface area contributed by atoms with E-state index in [4.69, 9.17) is 0 Å². The van der Waals surface area contributed by atoms with E-state index >= 15 is 0 Å². The summed E-state index contributed by atoms with van der Waals surface area (Å²) in [6.45, 7) is 6.21. The summed E-state index contributed by atoms with van der Waals surface area (Å²) in [4.78, 5) is 1.87. The Morgan fingerprint density at radius 2 is 1.93 bits per heavy atom. The second-order valence-corrected chi connectivity index (χ2v) is 4.84. The summed E-state index contributed by atoms with van der Waals surface area (Å²) in [6, 6.07) is 0. The number of nitrogens with zero attached hydrogens (tertiary/aromatic N) is 1. The number of hydrogen-bond acceptors (Lipinski definition) is 1. The first-order chi connectivity index (χ1) is 7.13. The van der Waals surface area contributed by atoms with Gasteiger partial charge in [0.1, 0.15) is 0 Å². The molecule has 0 saturated carbocycles. The Kier molecular flexibility index (Phi) is 5.51. The van der Waals surface area contributed by atoms with Crippen molar-refractivity contribution in [3.05, 3.63) is 0 Å². The van der Waals surface area contributed by atoms with Gasteiger partial charge in [-0.25, -0.2) is 8.78 Å². The summed E-state index contributed by atoms with van der Waals surface area (Å²) in [5, 5.41) is 0. The highest BCUT2D eigenvalue weighted by atomic mass is 19.3. The summed E-state index contributed by atoms with van der Waals surface area (Å²) >= 11 is 0. The standard InChI is InChI=1S/C12H23F2N/c1-3-4-5-6-10(2)11-7-15(8-11)9-12(13)14/h10-12H,3-9H2,1-2H3. The number of halogens is 2. The molecule has 1 aliphatic rings. The molecule has 0 bridgehead atoms. The van der Waals surface area contributed by atoms with Crippen LogP contribution in [0.25, 0.3) is 0 Å². The average molecular weight is 219 g/mol. The molecule has 1 saturated heterocycles. The van der Waals surface area contributed by atoms with Gasteiger partial charge in [0.05, 0.1) is 6.54 Å². The maximum atomic E-state index is 12.0. The first kappa shape index (κ1) is 12.9. The average Bonchev–Trinajstić information content (AvgIpc) is 2.10. The van der Waals surface area contributed by atoms with E-state index in [0.29, 0.717) is 11.8 Å². The molecule has 15 heavy (non-hydrogen) atoms. The van der Waals surface area contributed by atoms with Gasteiger partial charge in [-0.3, -0.25) is 4.90 Å². The van der Waals surface area contributed by atoms with Crippen LogP contribution >= 0.6 is 0 Å². The number of hydrogen-bond donors (Lipinski definition) is 0. The van der Waals surface area contributed by atoms with Crippen LogP contribution in [0.4, 0.5) is 8.78 Å². The Morgan fingerprint density at radius 1 is 1.27 bits per heavy atom. The van der Waals surface area contributed by atoms with Gasteiger partial charge in [0.25, 0.3) is 6.43 Å². The fourth-order valence-corrected chi connectivity index (χ4v) is 2.27. The van der Waals surface area contributed by atoms with Crippen LogP contribution in [0.2, 0.25) is 0 Å². The van der Waals surface area contributed by atoms with Crippen LogP contribution in [0, 0.1) is 11.8 Å². The molecule has 0 aromatic carbocycles. The molecule has 0 amide bonds. The molecule has 3 heteroatoms. The van der Waals surface area contributed by atoms with Crippen LogP contribution in [-0.2, 0) is 0 Å². The van der Waals surface area contributed by atoms with Crippen LogP contribution in [0.3, 0.4) is 0 Å². The quantitative estimate of drug-likeness (QED) is 0.593. The molecule has 90 valence electrons. The third-order valence-corrected chi connectivity index (χ3v) is 3.45. The Hall–Kier alpha value is -0.180. The van der Waals surface area contributed by atoms with E-state index < -0.39 is 6.43 Å². The van der Waals surface area contributed by atoms with Crippen molar-refractivity contribution in [2.24, 2.45) is 11.8 Å². The van der Waals surface area contributed by atoms with Crippen LogP contribution in [0.15, 0.2) is 0 Å². The summed E-state index contributed by atoms with van der Waals surface area (Å²) in [5.74, 6) is 1.38. The van der Waals surface area contributed by atoms with Crippen molar-refractivity contribution >= 4 is 0 Å². The van der Waals surface area contributed by atoms with Crippen molar-refractivity contribution in [1.82, 2.24) is 4.90 Å². The molecule has 0 aromatic rings. The van der Waals surface area contributed by atoms with Gasteiger partial charge < -0.3 is 0 Å². The van der Waals surface area contributed by atoms with Gasteiger partial charge in [0.2, 0.25) is 0 Å². The largest absolute Gasteiger partial charge is 0.297 e. The molecule has 0 radical (unpaired) electrons. The summed E-state index contributed by atoms with van der Waals surface area (Å²) in [7, 11) is 0. The minimum Gasteiger partial charge on any atom is -0.297 e. The lowest BCUT2D eigenvalue weighted by Crippen LogP contribution is -2.50. The van der Waals surface area contributed by atoms with E-state index in [1.807, 2.05) is 4.90 Å². The number of alkyl halides is 2. The molecular formula is C12H23F2N. The van der Waals surface area contributed by atoms with Crippen molar-refractivity contribution in [3.63, 3.8) is 0 Å². The molecule has 1 nitrogen and oxygen atoms in total. The Balaban J connectivity index is 2.04. The Labute approximate surface area is 91.8 Å². The monoisotopic (exact) mass is 219 g/mol. The minimum atomic E-state index is -2.17. The van der Waals surface area contributed by atoms with Gasteiger partial charge in [0, 0.05) is 13.1 Å². The van der Waals surface area contributed by atoms with Gasteiger partial charge in [0.15, 0.2) is 0 Å². The molecule has 1 fully saturated rings. The summed E-state index contributed by atoms with van der Waals surface area (Å²) in [5.41, 5.74) is 0. The number of unbranched alkanes of at least 4 members (excludes halogenated alkanes) is 2. The van der Waals surface area contributed by atoms with Gasteiger partial charge in [-0.2, -0.15) is 0 Å². The van der Waals surface area contributed by atoms with E-state index in [9.17, 15) is 8.78 Å². The van der Waals surface area contributed by atoms with Crippen molar-refractivity contribution in [3.8, 4) is 0 Å². The minimum absolute atomic E-state index is 0.0296. The zero-order valence-corrected chi connectivity index (χ0v) is 9.88. The van der Waals surface area contributed by atoms with E-state index in [-0.39, 0.29) is 6.54 Å². The van der Waals surface area contributed by atoms with Crippen LogP contribution in [0.5, 0.6) is 0 Å². The summed E-state index contributed by atoms with van der Waals surface area (Å²) in [6.07, 6.45) is 2.96. The van der Waals surface area contributed by atoms with Crippen molar-refractivity contribution in [2.75, 3.05) is 19.6 Å².